The summed E-state index contributed by atoms with van der Waals surface area (Å²) < 4.78 is 12.8. The van der Waals surface area contributed by atoms with Crippen LogP contribution in [0, 0.1) is 12.7 Å². The van der Waals surface area contributed by atoms with Gasteiger partial charge in [-0.15, -0.1) is 0 Å². The predicted molar refractivity (Wildman–Crippen MR) is 61.1 cm³/mol. The molecule has 0 fully saturated rings. The zero-order valence-electron chi connectivity index (χ0n) is 9.42. The third kappa shape index (κ3) is 4.10. The van der Waals surface area contributed by atoms with E-state index in [1.54, 1.807) is 6.92 Å². The van der Waals surface area contributed by atoms with Gasteiger partial charge in [-0.2, -0.15) is 0 Å². The fourth-order valence-corrected chi connectivity index (χ4v) is 1.34. The molecular weight excluding hydrogens is 225 g/mol. The van der Waals surface area contributed by atoms with Crippen LogP contribution in [-0.4, -0.2) is 25.0 Å². The van der Waals surface area contributed by atoms with E-state index in [0.717, 1.165) is 0 Å². The van der Waals surface area contributed by atoms with Gasteiger partial charge in [0.15, 0.2) is 0 Å². The first-order chi connectivity index (χ1) is 8.00. The van der Waals surface area contributed by atoms with Gasteiger partial charge in [0, 0.05) is 18.7 Å². The molecule has 17 heavy (non-hydrogen) atoms. The van der Waals surface area contributed by atoms with E-state index in [2.05, 4.69) is 10.6 Å². The second kappa shape index (κ2) is 5.83. The Morgan fingerprint density at radius 2 is 1.94 bits per heavy atom. The third-order valence-electron chi connectivity index (χ3n) is 2.14. The molecule has 4 N–H and O–H groups in total. The van der Waals surface area contributed by atoms with E-state index in [0.29, 0.717) is 11.1 Å². The molecule has 0 atom stereocenters. The molecule has 3 amide bonds. The van der Waals surface area contributed by atoms with Crippen molar-refractivity contribution in [1.29, 1.82) is 0 Å². The summed E-state index contributed by atoms with van der Waals surface area (Å²) >= 11 is 0. The lowest BCUT2D eigenvalue weighted by molar-refractivity contribution is 0.0953. The van der Waals surface area contributed by atoms with E-state index >= 15 is 0 Å². The Labute approximate surface area is 98.2 Å². The third-order valence-corrected chi connectivity index (χ3v) is 2.14. The number of amides is 3. The number of rotatable bonds is 4. The summed E-state index contributed by atoms with van der Waals surface area (Å²) in [6.07, 6.45) is 0. The van der Waals surface area contributed by atoms with Gasteiger partial charge in [-0.1, -0.05) is 0 Å². The van der Waals surface area contributed by atoms with Gasteiger partial charge in [0.25, 0.3) is 5.91 Å². The molecule has 0 aliphatic heterocycles. The van der Waals surface area contributed by atoms with Crippen LogP contribution in [0.25, 0.3) is 0 Å². The summed E-state index contributed by atoms with van der Waals surface area (Å²) in [5, 5.41) is 4.92. The quantitative estimate of drug-likeness (QED) is 0.670. The molecule has 0 aliphatic rings. The summed E-state index contributed by atoms with van der Waals surface area (Å²) in [6, 6.07) is 3.29. The van der Waals surface area contributed by atoms with Gasteiger partial charge >= 0.3 is 6.03 Å². The molecule has 0 saturated carbocycles. The number of aryl methyl sites for hydroxylation is 1. The Balaban J connectivity index is 2.50. The van der Waals surface area contributed by atoms with Crippen molar-refractivity contribution in [3.05, 3.63) is 35.1 Å². The van der Waals surface area contributed by atoms with Crippen LogP contribution in [0.1, 0.15) is 15.9 Å². The van der Waals surface area contributed by atoms with Gasteiger partial charge in [0.05, 0.1) is 0 Å². The van der Waals surface area contributed by atoms with E-state index in [1.165, 1.54) is 18.2 Å². The summed E-state index contributed by atoms with van der Waals surface area (Å²) in [7, 11) is 0. The van der Waals surface area contributed by atoms with Gasteiger partial charge in [0.2, 0.25) is 0 Å². The fourth-order valence-electron chi connectivity index (χ4n) is 1.34. The number of hydrogen-bond acceptors (Lipinski definition) is 2. The molecule has 1 rings (SSSR count). The van der Waals surface area contributed by atoms with E-state index in [1.807, 2.05) is 0 Å². The summed E-state index contributed by atoms with van der Waals surface area (Å²) in [4.78, 5) is 22.0. The van der Waals surface area contributed by atoms with Crippen LogP contribution < -0.4 is 16.4 Å². The number of nitrogens with one attached hydrogen (secondary N) is 2. The maximum absolute atomic E-state index is 12.8. The minimum Gasteiger partial charge on any atom is -0.352 e. The second-order valence-corrected chi connectivity index (χ2v) is 3.51. The molecule has 0 aliphatic carbocycles. The molecule has 0 unspecified atom stereocenters. The Morgan fingerprint density at radius 1 is 1.29 bits per heavy atom. The van der Waals surface area contributed by atoms with Gasteiger partial charge in [-0.3, -0.25) is 4.79 Å². The Kier molecular flexibility index (Phi) is 4.45. The molecule has 5 nitrogen and oxygen atoms in total. The summed E-state index contributed by atoms with van der Waals surface area (Å²) in [5.74, 6) is -0.691. The van der Waals surface area contributed by atoms with Crippen molar-refractivity contribution in [2.75, 3.05) is 13.1 Å². The minimum absolute atomic E-state index is 0.251. The summed E-state index contributed by atoms with van der Waals surface area (Å²) in [5.41, 5.74) is 5.83. The Hall–Kier alpha value is -2.11. The van der Waals surface area contributed by atoms with Crippen molar-refractivity contribution in [1.82, 2.24) is 10.6 Å². The average Bonchev–Trinajstić information content (AvgIpc) is 2.23. The molecule has 0 bridgehead atoms. The monoisotopic (exact) mass is 239 g/mol. The van der Waals surface area contributed by atoms with Crippen molar-refractivity contribution >= 4 is 11.9 Å². The molecule has 6 heteroatoms. The fraction of sp³-hybridized carbons (Fsp3) is 0.273. The minimum atomic E-state index is -0.641. The van der Waals surface area contributed by atoms with Crippen molar-refractivity contribution in [2.45, 2.75) is 6.92 Å². The number of nitrogens with two attached hydrogens (primary N) is 1. The lowest BCUT2D eigenvalue weighted by Crippen LogP contribution is -2.37. The lowest BCUT2D eigenvalue weighted by Gasteiger charge is -2.07. The summed E-state index contributed by atoms with van der Waals surface area (Å²) in [6.45, 7) is 2.17. The highest BCUT2D eigenvalue weighted by molar-refractivity contribution is 5.95. The SMILES string of the molecule is Cc1cc(F)ccc1C(=O)NCCNC(N)=O. The number of urea groups is 1. The molecule has 1 aromatic carbocycles. The van der Waals surface area contributed by atoms with E-state index in [-0.39, 0.29) is 24.8 Å². The van der Waals surface area contributed by atoms with E-state index < -0.39 is 6.03 Å². The van der Waals surface area contributed by atoms with Crippen LogP contribution in [0.4, 0.5) is 9.18 Å². The molecule has 0 heterocycles. The van der Waals surface area contributed by atoms with Crippen molar-refractivity contribution in [3.8, 4) is 0 Å². The molecule has 1 aromatic rings. The first-order valence-electron chi connectivity index (χ1n) is 5.08. The van der Waals surface area contributed by atoms with Crippen molar-refractivity contribution in [3.63, 3.8) is 0 Å². The smallest absolute Gasteiger partial charge is 0.312 e. The molecular formula is C11H14FN3O2. The van der Waals surface area contributed by atoms with Crippen molar-refractivity contribution < 1.29 is 14.0 Å². The maximum atomic E-state index is 12.8. The number of halogens is 1. The lowest BCUT2D eigenvalue weighted by atomic mass is 10.1. The van der Waals surface area contributed by atoms with E-state index in [4.69, 9.17) is 5.73 Å². The molecule has 0 spiro atoms. The van der Waals surface area contributed by atoms with Gasteiger partial charge < -0.3 is 16.4 Å². The second-order valence-electron chi connectivity index (χ2n) is 3.51. The zero-order valence-corrected chi connectivity index (χ0v) is 9.42. The van der Waals surface area contributed by atoms with E-state index in [9.17, 15) is 14.0 Å². The van der Waals surface area contributed by atoms with Crippen LogP contribution in [-0.2, 0) is 0 Å². The number of hydrogen-bond donors (Lipinski definition) is 3. The van der Waals surface area contributed by atoms with Crippen molar-refractivity contribution in [2.24, 2.45) is 5.73 Å². The van der Waals surface area contributed by atoms with Crippen LogP contribution in [0.2, 0.25) is 0 Å². The Morgan fingerprint density at radius 3 is 2.53 bits per heavy atom. The highest BCUT2D eigenvalue weighted by Gasteiger charge is 2.08. The maximum Gasteiger partial charge on any atom is 0.312 e. The largest absolute Gasteiger partial charge is 0.352 e. The highest BCUT2D eigenvalue weighted by atomic mass is 19.1. The van der Waals surface area contributed by atoms with Gasteiger partial charge in [-0.05, 0) is 30.7 Å². The number of primary amides is 1. The van der Waals surface area contributed by atoms with Gasteiger partial charge in [0.1, 0.15) is 5.82 Å². The normalized spacial score (nSPS) is 9.76. The molecule has 0 aromatic heterocycles. The number of carbonyl (C=O) groups excluding carboxylic acids is 2. The first kappa shape index (κ1) is 13.0. The van der Waals surface area contributed by atoms with Crippen LogP contribution in [0.3, 0.4) is 0 Å². The first-order valence-corrected chi connectivity index (χ1v) is 5.08. The highest BCUT2D eigenvalue weighted by Crippen LogP contribution is 2.09. The van der Waals surface area contributed by atoms with Crippen LogP contribution in [0.5, 0.6) is 0 Å². The standard InChI is InChI=1S/C11H14FN3O2/c1-7-6-8(12)2-3-9(7)10(16)14-4-5-15-11(13)17/h2-3,6H,4-5H2,1H3,(H,14,16)(H3,13,15,17). The van der Waals surface area contributed by atoms with Gasteiger partial charge in [-0.25, -0.2) is 9.18 Å². The molecule has 92 valence electrons. The molecule has 0 radical (unpaired) electrons. The predicted octanol–water partition coefficient (Wildman–Crippen LogP) is 0.532. The average molecular weight is 239 g/mol. The zero-order chi connectivity index (χ0) is 12.8. The molecule has 0 saturated heterocycles. The number of benzene rings is 1. The van der Waals surface area contributed by atoms with Crippen LogP contribution in [0.15, 0.2) is 18.2 Å². The topological polar surface area (TPSA) is 84.2 Å². The Bertz CT molecular complexity index is 435. The van der Waals surface area contributed by atoms with Crippen LogP contribution >= 0.6 is 0 Å². The number of carbonyl (C=O) groups is 2.